The first-order chi connectivity index (χ1) is 5.81. The van der Waals surface area contributed by atoms with Gasteiger partial charge in [-0.15, -0.1) is 0 Å². The summed E-state index contributed by atoms with van der Waals surface area (Å²) in [5.41, 5.74) is 1.08. The SMILES string of the molecule is COc1[c]c2c(cc1)ccn2C. The number of aromatic nitrogens is 1. The van der Waals surface area contributed by atoms with Crippen LogP contribution in [0.25, 0.3) is 10.9 Å². The molecule has 0 unspecified atom stereocenters. The number of nitrogens with zero attached hydrogens (tertiary/aromatic N) is 1. The molecule has 1 radical (unpaired) electrons. The Morgan fingerprint density at radius 3 is 2.92 bits per heavy atom. The monoisotopic (exact) mass is 160 g/mol. The Morgan fingerprint density at radius 1 is 1.33 bits per heavy atom. The van der Waals surface area contributed by atoms with Crippen LogP contribution < -0.4 is 4.74 Å². The third kappa shape index (κ3) is 0.961. The standard InChI is InChI=1S/C10H10NO/c1-11-6-5-8-3-4-9(12-2)7-10(8)11/h3-6H,1-2H3. The minimum Gasteiger partial charge on any atom is -0.496 e. The van der Waals surface area contributed by atoms with Crippen LogP contribution in [-0.4, -0.2) is 11.7 Å². The summed E-state index contributed by atoms with van der Waals surface area (Å²) in [4.78, 5) is 0. The van der Waals surface area contributed by atoms with Crippen LogP contribution in [-0.2, 0) is 7.05 Å². The van der Waals surface area contributed by atoms with Crippen molar-refractivity contribution in [3.63, 3.8) is 0 Å². The maximum atomic E-state index is 5.08. The minimum atomic E-state index is 0.782. The van der Waals surface area contributed by atoms with E-state index in [2.05, 4.69) is 12.1 Å². The molecule has 1 heterocycles. The largest absolute Gasteiger partial charge is 0.496 e. The van der Waals surface area contributed by atoms with Crippen LogP contribution in [0.3, 0.4) is 0 Å². The van der Waals surface area contributed by atoms with E-state index in [-0.39, 0.29) is 0 Å². The highest BCUT2D eigenvalue weighted by molar-refractivity contribution is 5.80. The molecule has 0 atom stereocenters. The van der Waals surface area contributed by atoms with E-state index < -0.39 is 0 Å². The van der Waals surface area contributed by atoms with Gasteiger partial charge in [-0.2, -0.15) is 0 Å². The van der Waals surface area contributed by atoms with E-state index in [4.69, 9.17) is 4.74 Å². The van der Waals surface area contributed by atoms with E-state index in [9.17, 15) is 0 Å². The Labute approximate surface area is 71.4 Å². The normalized spacial score (nSPS) is 10.5. The number of ether oxygens (including phenoxy) is 1. The molecule has 0 saturated heterocycles. The van der Waals surface area contributed by atoms with Crippen LogP contribution in [0.5, 0.6) is 5.75 Å². The Bertz CT molecular complexity index is 403. The van der Waals surface area contributed by atoms with Gasteiger partial charge in [-0.1, -0.05) is 0 Å². The lowest BCUT2D eigenvalue weighted by molar-refractivity contribution is 0.414. The Kier molecular flexibility index (Phi) is 1.54. The van der Waals surface area contributed by atoms with Crippen molar-refractivity contribution in [1.82, 2.24) is 4.57 Å². The maximum absolute atomic E-state index is 5.08. The molecule has 0 spiro atoms. The molecule has 0 aliphatic rings. The van der Waals surface area contributed by atoms with E-state index in [0.29, 0.717) is 0 Å². The molecule has 0 saturated carbocycles. The summed E-state index contributed by atoms with van der Waals surface area (Å²) in [7, 11) is 3.65. The van der Waals surface area contributed by atoms with Crippen molar-refractivity contribution in [2.24, 2.45) is 7.05 Å². The van der Waals surface area contributed by atoms with Crippen molar-refractivity contribution in [3.8, 4) is 5.75 Å². The maximum Gasteiger partial charge on any atom is 0.129 e. The summed E-state index contributed by atoms with van der Waals surface area (Å²) in [5, 5.41) is 1.19. The van der Waals surface area contributed by atoms with E-state index in [1.165, 1.54) is 5.39 Å². The van der Waals surface area contributed by atoms with E-state index >= 15 is 0 Å². The Balaban J connectivity index is 2.71. The fourth-order valence-electron chi connectivity index (χ4n) is 1.29. The summed E-state index contributed by atoms with van der Waals surface area (Å²) in [6.45, 7) is 0. The number of rotatable bonds is 1. The molecular formula is C10H10NO. The molecule has 1 aromatic carbocycles. The van der Waals surface area contributed by atoms with Crippen molar-refractivity contribution in [2.75, 3.05) is 7.11 Å². The van der Waals surface area contributed by atoms with Gasteiger partial charge < -0.3 is 9.30 Å². The van der Waals surface area contributed by atoms with Crippen LogP contribution in [0.4, 0.5) is 0 Å². The van der Waals surface area contributed by atoms with Gasteiger partial charge in [-0.25, -0.2) is 0 Å². The summed E-state index contributed by atoms with van der Waals surface area (Å²) in [5.74, 6) is 0.782. The number of hydrogen-bond acceptors (Lipinski definition) is 1. The first-order valence-corrected chi connectivity index (χ1v) is 3.82. The highest BCUT2D eigenvalue weighted by Gasteiger charge is 1.99. The lowest BCUT2D eigenvalue weighted by Gasteiger charge is -1.99. The molecule has 2 heteroatoms. The fourth-order valence-corrected chi connectivity index (χ4v) is 1.29. The van der Waals surface area contributed by atoms with Gasteiger partial charge in [0.05, 0.1) is 18.7 Å². The highest BCUT2D eigenvalue weighted by atomic mass is 16.5. The average molecular weight is 160 g/mol. The summed E-state index contributed by atoms with van der Waals surface area (Å²) in [6, 6.07) is 9.18. The lowest BCUT2D eigenvalue weighted by Crippen LogP contribution is -1.86. The van der Waals surface area contributed by atoms with E-state index in [1.807, 2.05) is 29.9 Å². The average Bonchev–Trinajstić information content (AvgIpc) is 2.47. The zero-order valence-corrected chi connectivity index (χ0v) is 7.16. The molecule has 0 amide bonds. The van der Waals surface area contributed by atoms with Crippen LogP contribution in [0.1, 0.15) is 0 Å². The number of benzene rings is 1. The van der Waals surface area contributed by atoms with Gasteiger partial charge in [0.25, 0.3) is 0 Å². The minimum absolute atomic E-state index is 0.782. The van der Waals surface area contributed by atoms with Gasteiger partial charge in [-0.05, 0) is 18.2 Å². The Hall–Kier alpha value is -1.44. The van der Waals surface area contributed by atoms with Gasteiger partial charge in [0.15, 0.2) is 0 Å². The molecule has 1 aromatic heterocycles. The molecule has 0 aliphatic carbocycles. The molecule has 0 aliphatic heterocycles. The van der Waals surface area contributed by atoms with Crippen LogP contribution in [0.15, 0.2) is 24.4 Å². The van der Waals surface area contributed by atoms with Crippen molar-refractivity contribution in [3.05, 3.63) is 30.5 Å². The van der Waals surface area contributed by atoms with Crippen LogP contribution in [0.2, 0.25) is 0 Å². The molecule has 2 rings (SSSR count). The second-order valence-electron chi connectivity index (χ2n) is 2.76. The molecule has 61 valence electrons. The van der Waals surface area contributed by atoms with Crippen molar-refractivity contribution in [2.45, 2.75) is 0 Å². The van der Waals surface area contributed by atoms with Gasteiger partial charge in [0.1, 0.15) is 5.75 Å². The number of fused-ring (bicyclic) bond motifs is 1. The van der Waals surface area contributed by atoms with Gasteiger partial charge in [-0.3, -0.25) is 0 Å². The predicted molar refractivity (Wildman–Crippen MR) is 48.3 cm³/mol. The quantitative estimate of drug-likeness (QED) is 0.622. The summed E-state index contributed by atoms with van der Waals surface area (Å²) >= 11 is 0. The number of aryl methyl sites for hydroxylation is 1. The van der Waals surface area contributed by atoms with E-state index in [1.54, 1.807) is 7.11 Å². The van der Waals surface area contributed by atoms with Crippen molar-refractivity contribution < 1.29 is 4.74 Å². The van der Waals surface area contributed by atoms with Gasteiger partial charge in [0.2, 0.25) is 0 Å². The first-order valence-electron chi connectivity index (χ1n) is 3.82. The summed E-state index contributed by atoms with van der Waals surface area (Å²) in [6.07, 6.45) is 2.01. The molecule has 0 N–H and O–H groups in total. The second kappa shape index (κ2) is 2.55. The molecule has 2 nitrogen and oxygen atoms in total. The van der Waals surface area contributed by atoms with E-state index in [0.717, 1.165) is 11.3 Å². The third-order valence-electron chi connectivity index (χ3n) is 1.98. The lowest BCUT2D eigenvalue weighted by atomic mass is 10.2. The zero-order valence-electron chi connectivity index (χ0n) is 7.16. The van der Waals surface area contributed by atoms with Crippen molar-refractivity contribution in [1.29, 1.82) is 0 Å². The highest BCUT2D eigenvalue weighted by Crippen LogP contribution is 2.19. The smallest absolute Gasteiger partial charge is 0.129 e. The topological polar surface area (TPSA) is 14.2 Å². The molecular weight excluding hydrogens is 150 g/mol. The van der Waals surface area contributed by atoms with Crippen LogP contribution >= 0.6 is 0 Å². The predicted octanol–water partition coefficient (Wildman–Crippen LogP) is 1.99. The summed E-state index contributed by atoms with van der Waals surface area (Å²) < 4.78 is 7.10. The molecule has 12 heavy (non-hydrogen) atoms. The van der Waals surface area contributed by atoms with Gasteiger partial charge >= 0.3 is 0 Å². The van der Waals surface area contributed by atoms with Crippen LogP contribution in [0, 0.1) is 6.07 Å². The number of hydrogen-bond donors (Lipinski definition) is 0. The van der Waals surface area contributed by atoms with Gasteiger partial charge in [0, 0.05) is 18.6 Å². The fraction of sp³-hybridized carbons (Fsp3) is 0.200. The molecule has 0 fully saturated rings. The number of methoxy groups -OCH3 is 1. The third-order valence-corrected chi connectivity index (χ3v) is 1.98. The second-order valence-corrected chi connectivity index (χ2v) is 2.76. The molecule has 2 aromatic rings. The molecule has 0 bridgehead atoms. The first kappa shape index (κ1) is 7.22. The van der Waals surface area contributed by atoms with Crippen molar-refractivity contribution >= 4 is 10.9 Å². The zero-order chi connectivity index (χ0) is 8.55. The Morgan fingerprint density at radius 2 is 2.17 bits per heavy atom.